The lowest BCUT2D eigenvalue weighted by atomic mass is 10.2. The van der Waals surface area contributed by atoms with Crippen molar-refractivity contribution in [2.75, 3.05) is 20.3 Å². The second-order valence-corrected chi connectivity index (χ2v) is 4.21. The van der Waals surface area contributed by atoms with Gasteiger partial charge in [-0.3, -0.25) is 0 Å². The zero-order valence-corrected chi connectivity index (χ0v) is 10.1. The first kappa shape index (κ1) is 14.5. The molecule has 0 aliphatic rings. The summed E-state index contributed by atoms with van der Waals surface area (Å²) in [6.45, 7) is 5.70. The number of rotatable bonds is 5. The molecule has 1 unspecified atom stereocenters. The van der Waals surface area contributed by atoms with Crippen molar-refractivity contribution in [1.29, 1.82) is 0 Å². The predicted octanol–water partition coefficient (Wildman–Crippen LogP) is 1.84. The van der Waals surface area contributed by atoms with Crippen molar-refractivity contribution < 1.29 is 14.3 Å². The van der Waals surface area contributed by atoms with Crippen molar-refractivity contribution in [3.63, 3.8) is 0 Å². The third kappa shape index (κ3) is 7.90. The van der Waals surface area contributed by atoms with Crippen LogP contribution >= 0.6 is 0 Å². The topological polar surface area (TPSA) is 96.3 Å². The van der Waals surface area contributed by atoms with Crippen molar-refractivity contribution in [2.24, 2.45) is 5.11 Å². The summed E-state index contributed by atoms with van der Waals surface area (Å²) in [5.41, 5.74) is 7.62. The molecule has 0 fully saturated rings. The molecule has 92 valence electrons. The summed E-state index contributed by atoms with van der Waals surface area (Å²) >= 11 is 0. The number of methoxy groups -OCH3 is 1. The van der Waals surface area contributed by atoms with Gasteiger partial charge in [0.25, 0.3) is 0 Å². The molecule has 0 rings (SSSR count). The van der Waals surface area contributed by atoms with E-state index in [1.165, 1.54) is 7.11 Å². The molecule has 1 amide bonds. The van der Waals surface area contributed by atoms with Crippen LogP contribution in [0.2, 0.25) is 0 Å². The van der Waals surface area contributed by atoms with E-state index >= 15 is 0 Å². The lowest BCUT2D eigenvalue weighted by Crippen LogP contribution is -2.42. The third-order valence-corrected chi connectivity index (χ3v) is 1.45. The second kappa shape index (κ2) is 6.92. The number of carbonyl (C=O) groups is 1. The highest BCUT2D eigenvalue weighted by Gasteiger charge is 2.18. The lowest BCUT2D eigenvalue weighted by molar-refractivity contribution is 0.0473. The summed E-state index contributed by atoms with van der Waals surface area (Å²) in [5, 5.41) is 5.93. The number of nitrogens with zero attached hydrogens (tertiary/aromatic N) is 3. The van der Waals surface area contributed by atoms with Gasteiger partial charge in [0.05, 0.1) is 12.6 Å². The number of amides is 1. The molecule has 0 saturated heterocycles. The van der Waals surface area contributed by atoms with Gasteiger partial charge < -0.3 is 14.8 Å². The molecule has 0 aliphatic carbocycles. The number of alkyl carbamates (subject to hydrolysis) is 1. The van der Waals surface area contributed by atoms with Gasteiger partial charge in [-0.25, -0.2) is 4.79 Å². The quantitative estimate of drug-likeness (QED) is 0.443. The maximum absolute atomic E-state index is 11.4. The van der Waals surface area contributed by atoms with Gasteiger partial charge in [-0.15, -0.1) is 0 Å². The highest BCUT2D eigenvalue weighted by Crippen LogP contribution is 2.06. The molecule has 0 aliphatic heterocycles. The number of nitrogens with one attached hydrogen (secondary N) is 1. The smallest absolute Gasteiger partial charge is 0.407 e. The Morgan fingerprint density at radius 3 is 2.62 bits per heavy atom. The molecule has 1 atom stereocenters. The summed E-state index contributed by atoms with van der Waals surface area (Å²) in [6.07, 6.45) is -0.553. The molecule has 0 heterocycles. The lowest BCUT2D eigenvalue weighted by Gasteiger charge is -2.22. The van der Waals surface area contributed by atoms with Gasteiger partial charge in [0, 0.05) is 18.6 Å². The van der Waals surface area contributed by atoms with Crippen molar-refractivity contribution >= 4 is 6.09 Å². The van der Waals surface area contributed by atoms with Crippen LogP contribution in [0.15, 0.2) is 5.11 Å². The maximum Gasteiger partial charge on any atom is 0.407 e. The molecule has 16 heavy (non-hydrogen) atoms. The second-order valence-electron chi connectivity index (χ2n) is 4.21. The van der Waals surface area contributed by atoms with Gasteiger partial charge in [-0.1, -0.05) is 5.11 Å². The summed E-state index contributed by atoms with van der Waals surface area (Å²) in [4.78, 5) is 14.0. The minimum atomic E-state index is -0.555. The van der Waals surface area contributed by atoms with Gasteiger partial charge in [0.1, 0.15) is 5.60 Å². The van der Waals surface area contributed by atoms with Gasteiger partial charge in [-0.05, 0) is 26.3 Å². The van der Waals surface area contributed by atoms with Crippen molar-refractivity contribution in [3.05, 3.63) is 10.4 Å². The third-order valence-electron chi connectivity index (χ3n) is 1.45. The van der Waals surface area contributed by atoms with Crippen LogP contribution in [0.4, 0.5) is 4.79 Å². The summed E-state index contributed by atoms with van der Waals surface area (Å²) in [7, 11) is 1.50. The molecular weight excluding hydrogens is 212 g/mol. The normalized spacial score (nSPS) is 12.5. The number of hydrogen-bond acceptors (Lipinski definition) is 4. The molecule has 0 spiro atoms. The Morgan fingerprint density at radius 2 is 2.19 bits per heavy atom. The van der Waals surface area contributed by atoms with E-state index in [1.807, 2.05) is 0 Å². The fourth-order valence-corrected chi connectivity index (χ4v) is 0.950. The van der Waals surface area contributed by atoms with Crippen LogP contribution in [0.1, 0.15) is 20.8 Å². The number of carbonyl (C=O) groups excluding carboxylic acids is 1. The maximum atomic E-state index is 11.4. The fraction of sp³-hybridized carbons (Fsp3) is 0.889. The van der Waals surface area contributed by atoms with Gasteiger partial charge >= 0.3 is 6.09 Å². The monoisotopic (exact) mass is 230 g/mol. The predicted molar refractivity (Wildman–Crippen MR) is 59.0 cm³/mol. The van der Waals surface area contributed by atoms with Crippen LogP contribution in [0, 0.1) is 0 Å². The molecular formula is C9H18N4O3. The van der Waals surface area contributed by atoms with Crippen LogP contribution in [-0.4, -0.2) is 38.0 Å². The van der Waals surface area contributed by atoms with E-state index in [1.54, 1.807) is 20.8 Å². The number of ether oxygens (including phenoxy) is 2. The zero-order chi connectivity index (χ0) is 12.6. The standard InChI is InChI=1S/C9H18N4O3/c1-9(2,3)16-8(14)12-7(6-15-4)5-11-13-10/h7H,5-6H2,1-4H3,(H,12,14). The largest absolute Gasteiger partial charge is 0.444 e. The van der Waals surface area contributed by atoms with Crippen molar-refractivity contribution in [3.8, 4) is 0 Å². The van der Waals surface area contributed by atoms with E-state index in [0.29, 0.717) is 0 Å². The minimum absolute atomic E-state index is 0.129. The molecule has 0 bridgehead atoms. The van der Waals surface area contributed by atoms with E-state index in [9.17, 15) is 4.79 Å². The average molecular weight is 230 g/mol. The van der Waals surface area contributed by atoms with Crippen LogP contribution in [-0.2, 0) is 9.47 Å². The first-order valence-corrected chi connectivity index (χ1v) is 4.88. The SMILES string of the molecule is COCC(CN=[N+]=[N-])NC(=O)OC(C)(C)C. The molecule has 0 aromatic rings. The fourth-order valence-electron chi connectivity index (χ4n) is 0.950. The molecule has 1 N–H and O–H groups in total. The Kier molecular flexibility index (Phi) is 6.29. The summed E-state index contributed by atoms with van der Waals surface area (Å²) in [6, 6.07) is -0.379. The van der Waals surface area contributed by atoms with Crippen LogP contribution in [0.3, 0.4) is 0 Å². The van der Waals surface area contributed by atoms with Crippen molar-refractivity contribution in [2.45, 2.75) is 32.4 Å². The molecule has 7 heteroatoms. The first-order valence-electron chi connectivity index (χ1n) is 4.88. The Morgan fingerprint density at radius 1 is 1.56 bits per heavy atom. The number of hydrogen-bond donors (Lipinski definition) is 1. The molecule has 0 aromatic heterocycles. The highest BCUT2D eigenvalue weighted by atomic mass is 16.6. The number of azide groups is 1. The van der Waals surface area contributed by atoms with Gasteiger partial charge in [-0.2, -0.15) is 0 Å². The van der Waals surface area contributed by atoms with Crippen LogP contribution in [0.25, 0.3) is 10.4 Å². The zero-order valence-electron chi connectivity index (χ0n) is 10.1. The summed E-state index contributed by atoms with van der Waals surface area (Å²) in [5.74, 6) is 0. The molecule has 0 aromatic carbocycles. The Bertz CT molecular complexity index is 268. The van der Waals surface area contributed by atoms with E-state index in [0.717, 1.165) is 0 Å². The van der Waals surface area contributed by atoms with Crippen LogP contribution in [0.5, 0.6) is 0 Å². The molecule has 7 nitrogen and oxygen atoms in total. The van der Waals surface area contributed by atoms with E-state index < -0.39 is 11.7 Å². The Hall–Kier alpha value is -1.46. The summed E-state index contributed by atoms with van der Waals surface area (Å²) < 4.78 is 9.93. The Labute approximate surface area is 94.7 Å². The van der Waals surface area contributed by atoms with Gasteiger partial charge in [0.2, 0.25) is 0 Å². The average Bonchev–Trinajstić information content (AvgIpc) is 2.11. The Balaban J connectivity index is 4.17. The highest BCUT2D eigenvalue weighted by molar-refractivity contribution is 5.68. The van der Waals surface area contributed by atoms with E-state index in [-0.39, 0.29) is 19.2 Å². The molecule has 0 saturated carbocycles. The van der Waals surface area contributed by atoms with Crippen molar-refractivity contribution in [1.82, 2.24) is 5.32 Å². The van der Waals surface area contributed by atoms with E-state index in [4.69, 9.17) is 15.0 Å². The van der Waals surface area contributed by atoms with E-state index in [2.05, 4.69) is 15.3 Å². The van der Waals surface area contributed by atoms with Crippen LogP contribution < -0.4 is 5.32 Å². The minimum Gasteiger partial charge on any atom is -0.444 e. The molecule has 0 radical (unpaired) electrons. The van der Waals surface area contributed by atoms with Gasteiger partial charge in [0.15, 0.2) is 0 Å². The first-order chi connectivity index (χ1) is 7.39.